The Kier molecular flexibility index (Phi) is 5.92. The van der Waals surface area contributed by atoms with E-state index >= 15 is 0 Å². The van der Waals surface area contributed by atoms with Gasteiger partial charge in [0.1, 0.15) is 0 Å². The van der Waals surface area contributed by atoms with Gasteiger partial charge in [-0.15, -0.1) is 0 Å². The van der Waals surface area contributed by atoms with Crippen LogP contribution in [0.25, 0.3) is 0 Å². The predicted octanol–water partition coefficient (Wildman–Crippen LogP) is -1.16. The van der Waals surface area contributed by atoms with E-state index in [2.05, 4.69) is 0 Å². The Morgan fingerprint density at radius 1 is 1.33 bits per heavy atom. The minimum Gasteiger partial charge on any atom is -1.00 e. The Morgan fingerprint density at radius 3 is 2.43 bits per heavy atom. The lowest BCUT2D eigenvalue weighted by Crippen LogP contribution is -3.20. The number of para-hydroxylation sites is 2. The molecule has 21 heavy (non-hydrogen) atoms. The summed E-state index contributed by atoms with van der Waals surface area (Å²) in [4.78, 5) is 21.7. The number of benzene rings is 1. The van der Waals surface area contributed by atoms with Gasteiger partial charge in [-0.3, -0.25) is 4.79 Å². The molecule has 0 aliphatic carbocycles. The molecule has 1 aliphatic heterocycles. The predicted molar refractivity (Wildman–Crippen MR) is 76.9 cm³/mol. The van der Waals surface area contributed by atoms with Gasteiger partial charge in [-0.2, -0.15) is 0 Å². The number of alkyl halides is 3. The van der Waals surface area contributed by atoms with Crippen molar-refractivity contribution in [1.29, 1.82) is 0 Å². The lowest BCUT2D eigenvalue weighted by atomic mass is 10.0. The maximum absolute atomic E-state index is 12.3. The van der Waals surface area contributed by atoms with Gasteiger partial charge in [0.25, 0.3) is 0 Å². The molecule has 0 radical (unpaired) electrons. The smallest absolute Gasteiger partial charge is 0.351 e. The van der Waals surface area contributed by atoms with Gasteiger partial charge in [0, 0.05) is 13.0 Å². The maximum Gasteiger partial charge on any atom is 0.351 e. The molecule has 0 fully saturated rings. The number of hydrogen-bond acceptors (Lipinski definition) is 3. The summed E-state index contributed by atoms with van der Waals surface area (Å²) in [5.74, 6) is -0.376. The largest absolute Gasteiger partial charge is 1.00 e. The topological polar surface area (TPSA) is 47.8 Å². The van der Waals surface area contributed by atoms with Crippen LogP contribution in [0.15, 0.2) is 24.3 Å². The van der Waals surface area contributed by atoms with Crippen molar-refractivity contribution in [2.24, 2.45) is 0 Å². The summed E-state index contributed by atoms with van der Waals surface area (Å²) in [6.45, 7) is 2.92. The number of ketones is 1. The van der Waals surface area contributed by atoms with Crippen molar-refractivity contribution in [2.75, 3.05) is 0 Å². The Hall–Kier alpha value is -0.520. The van der Waals surface area contributed by atoms with Crippen LogP contribution in [-0.2, 0) is 9.59 Å². The van der Waals surface area contributed by atoms with E-state index < -0.39 is 21.8 Å². The van der Waals surface area contributed by atoms with Crippen LogP contribution in [0.5, 0.6) is 5.75 Å². The summed E-state index contributed by atoms with van der Waals surface area (Å²) in [7, 11) is 0. The van der Waals surface area contributed by atoms with Crippen LogP contribution in [0.2, 0.25) is 0 Å². The third-order valence-corrected chi connectivity index (χ3v) is 3.98. The molecule has 1 aliphatic rings. The summed E-state index contributed by atoms with van der Waals surface area (Å²) < 4.78 is 5.63. The van der Waals surface area contributed by atoms with Crippen molar-refractivity contribution in [2.45, 2.75) is 29.8 Å². The molecule has 0 aromatic heterocycles. The Labute approximate surface area is 143 Å². The van der Waals surface area contributed by atoms with Gasteiger partial charge in [0.15, 0.2) is 17.2 Å². The average Bonchev–Trinajstić information content (AvgIpc) is 2.36. The highest BCUT2D eigenvalue weighted by atomic mass is 35.5. The van der Waals surface area contributed by atoms with E-state index in [0.29, 0.717) is 11.4 Å². The van der Waals surface area contributed by atoms with Crippen LogP contribution < -0.4 is 22.0 Å². The number of carbonyl (C=O) groups is 2. The van der Waals surface area contributed by atoms with Crippen LogP contribution in [0.4, 0.5) is 5.69 Å². The van der Waals surface area contributed by atoms with E-state index in [1.165, 1.54) is 6.92 Å². The van der Waals surface area contributed by atoms with Gasteiger partial charge in [0.2, 0.25) is 15.9 Å². The van der Waals surface area contributed by atoms with Crippen molar-refractivity contribution in [3.05, 3.63) is 24.3 Å². The fourth-order valence-corrected chi connectivity index (χ4v) is 2.97. The zero-order chi connectivity index (χ0) is 15.1. The number of rotatable bonds is 2. The van der Waals surface area contributed by atoms with Gasteiger partial charge >= 0.3 is 5.91 Å². The minimum atomic E-state index is -1.32. The number of hydrogen-bond donors (Lipinski definition) is 1. The Morgan fingerprint density at radius 2 is 1.90 bits per heavy atom. The summed E-state index contributed by atoms with van der Waals surface area (Å²) in [5, 5.41) is 0. The molecule has 0 saturated heterocycles. The summed E-state index contributed by atoms with van der Waals surface area (Å²) >= 11 is 17.8. The highest BCUT2D eigenvalue weighted by Crippen LogP contribution is 2.32. The number of nitrogens with one attached hydrogen (secondary N) is 1. The maximum atomic E-state index is 12.3. The third kappa shape index (κ3) is 3.30. The first-order valence-corrected chi connectivity index (χ1v) is 7.17. The first kappa shape index (κ1) is 18.5. The Balaban J connectivity index is 0.00000220. The van der Waals surface area contributed by atoms with E-state index in [1.807, 2.05) is 0 Å². The van der Waals surface area contributed by atoms with Crippen molar-refractivity contribution >= 4 is 52.2 Å². The number of ether oxygens (including phenoxy) is 1. The zero-order valence-electron chi connectivity index (χ0n) is 11.2. The molecular formula is C13H13Cl4NO3. The van der Waals surface area contributed by atoms with Crippen molar-refractivity contribution in [3.63, 3.8) is 0 Å². The molecule has 116 valence electrons. The van der Waals surface area contributed by atoms with Crippen LogP contribution in [-0.4, -0.2) is 27.6 Å². The lowest BCUT2D eigenvalue weighted by molar-refractivity contribution is -0.799. The fraction of sp³-hybridized carbons (Fsp3) is 0.385. The molecular weight excluding hydrogens is 360 g/mol. The zero-order valence-corrected chi connectivity index (χ0v) is 14.2. The van der Waals surface area contributed by atoms with Gasteiger partial charge in [-0.05, 0) is 24.6 Å². The van der Waals surface area contributed by atoms with Gasteiger partial charge in [0.05, 0.1) is 0 Å². The molecule has 1 aromatic carbocycles. The molecule has 0 saturated carbocycles. The van der Waals surface area contributed by atoms with E-state index in [9.17, 15) is 9.59 Å². The summed E-state index contributed by atoms with van der Waals surface area (Å²) in [6, 6.07) is 6.85. The first-order chi connectivity index (χ1) is 9.26. The second-order valence-electron chi connectivity index (χ2n) is 4.72. The molecule has 0 spiro atoms. The number of quaternary nitrogens is 1. The van der Waals surface area contributed by atoms with Crippen LogP contribution in [0, 0.1) is 0 Å². The third-order valence-electron chi connectivity index (χ3n) is 3.20. The van der Waals surface area contributed by atoms with Crippen molar-refractivity contribution in [3.8, 4) is 5.75 Å². The fourth-order valence-electron chi connectivity index (χ4n) is 2.36. The number of amides is 1. The average molecular weight is 373 g/mol. The summed E-state index contributed by atoms with van der Waals surface area (Å²) in [6.07, 6.45) is -0.968. The molecule has 3 unspecified atom stereocenters. The minimum absolute atomic E-state index is 0. The van der Waals surface area contributed by atoms with E-state index in [4.69, 9.17) is 39.5 Å². The monoisotopic (exact) mass is 371 g/mol. The van der Waals surface area contributed by atoms with Gasteiger partial charge in [-0.25, -0.2) is 9.69 Å². The number of Topliss-reactive ketones (excluding diaryl/α,β-unsaturated/α-hetero) is 1. The highest BCUT2D eigenvalue weighted by Gasteiger charge is 2.56. The van der Waals surface area contributed by atoms with Crippen LogP contribution >= 0.6 is 34.8 Å². The second-order valence-corrected chi connectivity index (χ2v) is 6.60. The molecule has 1 aromatic rings. The standard InChI is InChI=1S/C13H12Cl3NO3.ClH/c1-7(18)10-13(2,16)17(12(19)11(14)15)8-5-3-4-6-9(8)20-10;/h3-6,10-11H,1-2H3;1H. The van der Waals surface area contributed by atoms with Crippen molar-refractivity contribution in [1.82, 2.24) is 0 Å². The Bertz CT molecular complexity index is 562. The second kappa shape index (κ2) is 6.71. The van der Waals surface area contributed by atoms with Crippen LogP contribution in [0.3, 0.4) is 0 Å². The molecule has 3 atom stereocenters. The van der Waals surface area contributed by atoms with E-state index in [0.717, 1.165) is 0 Å². The normalized spacial score (nSPS) is 27.3. The summed E-state index contributed by atoms with van der Waals surface area (Å²) in [5.41, 5.74) is 0.513. The highest BCUT2D eigenvalue weighted by molar-refractivity contribution is 6.52. The first-order valence-electron chi connectivity index (χ1n) is 5.92. The van der Waals surface area contributed by atoms with Crippen molar-refractivity contribution < 1.29 is 31.6 Å². The molecule has 0 bridgehead atoms. The molecule has 8 heteroatoms. The molecule has 1 N–H and O–H groups in total. The van der Waals surface area contributed by atoms with E-state index in [1.54, 1.807) is 31.2 Å². The molecule has 1 heterocycles. The molecule has 1 amide bonds. The SMILES string of the molecule is CC(=O)C1Oc2ccccc2[NH+](C(=O)C(Cl)Cl)C1(C)Cl.[Cl-]. The van der Waals surface area contributed by atoms with Gasteiger partial charge < -0.3 is 17.1 Å². The number of fused-ring (bicyclic) bond motifs is 1. The molecule has 4 nitrogen and oxygen atoms in total. The number of halogens is 4. The van der Waals surface area contributed by atoms with Gasteiger partial charge in [-0.1, -0.05) is 35.3 Å². The van der Waals surface area contributed by atoms with Crippen LogP contribution in [0.1, 0.15) is 13.8 Å². The number of carbonyl (C=O) groups excluding carboxylic acids is 2. The van der Waals surface area contributed by atoms with E-state index in [-0.39, 0.29) is 23.1 Å². The quantitative estimate of drug-likeness (QED) is 0.526. The lowest BCUT2D eigenvalue weighted by Gasteiger charge is -2.40. The molecule has 2 rings (SSSR count).